The van der Waals surface area contributed by atoms with E-state index in [0.717, 1.165) is 41.2 Å². The summed E-state index contributed by atoms with van der Waals surface area (Å²) in [7, 11) is 2.01. The van der Waals surface area contributed by atoms with Crippen LogP contribution >= 0.6 is 0 Å². The standard InChI is InChI=1S/C21H26N6O/c1-26-14-16(17-6-2-3-7-18(17)26)12-21(28)23-9-8-22-19-13-20(25-15-24-19)27-10-4-5-11-27/h2-3,6-7,13-15H,4-5,8-12H2,1H3,(H,23,28)(H,22,24,25). The molecule has 28 heavy (non-hydrogen) atoms. The van der Waals surface area contributed by atoms with E-state index in [0.29, 0.717) is 19.5 Å². The average molecular weight is 378 g/mol. The van der Waals surface area contributed by atoms with E-state index >= 15 is 0 Å². The molecule has 7 heteroatoms. The van der Waals surface area contributed by atoms with Crippen molar-refractivity contribution in [2.45, 2.75) is 19.3 Å². The van der Waals surface area contributed by atoms with Crippen molar-refractivity contribution in [2.24, 2.45) is 7.05 Å². The van der Waals surface area contributed by atoms with Crippen molar-refractivity contribution < 1.29 is 4.79 Å². The van der Waals surface area contributed by atoms with E-state index in [1.807, 2.05) is 31.4 Å². The molecule has 0 bridgehead atoms. The molecular weight excluding hydrogens is 352 g/mol. The van der Waals surface area contributed by atoms with Crippen LogP contribution in [0.3, 0.4) is 0 Å². The zero-order valence-electron chi connectivity index (χ0n) is 16.2. The van der Waals surface area contributed by atoms with Crippen LogP contribution in [0.15, 0.2) is 42.9 Å². The van der Waals surface area contributed by atoms with Crippen LogP contribution in [-0.4, -0.2) is 46.6 Å². The number of hydrogen-bond acceptors (Lipinski definition) is 5. The molecule has 1 amide bonds. The number of amides is 1. The van der Waals surface area contributed by atoms with Crippen LogP contribution in [0.2, 0.25) is 0 Å². The number of carbonyl (C=O) groups excluding carboxylic acids is 1. The highest BCUT2D eigenvalue weighted by molar-refractivity contribution is 5.89. The molecule has 0 unspecified atom stereocenters. The van der Waals surface area contributed by atoms with Crippen molar-refractivity contribution in [1.29, 1.82) is 0 Å². The molecule has 4 rings (SSSR count). The maximum Gasteiger partial charge on any atom is 0.224 e. The lowest BCUT2D eigenvalue weighted by atomic mass is 10.1. The highest BCUT2D eigenvalue weighted by atomic mass is 16.1. The van der Waals surface area contributed by atoms with Crippen molar-refractivity contribution >= 4 is 28.4 Å². The summed E-state index contributed by atoms with van der Waals surface area (Å²) in [6.07, 6.45) is 6.44. The van der Waals surface area contributed by atoms with Gasteiger partial charge in [-0.15, -0.1) is 0 Å². The van der Waals surface area contributed by atoms with Crippen LogP contribution in [-0.2, 0) is 18.3 Å². The Morgan fingerprint density at radius 1 is 1.14 bits per heavy atom. The van der Waals surface area contributed by atoms with E-state index in [-0.39, 0.29) is 5.91 Å². The number of carbonyl (C=O) groups is 1. The van der Waals surface area contributed by atoms with Crippen molar-refractivity contribution in [3.8, 4) is 0 Å². The first-order valence-corrected chi connectivity index (χ1v) is 9.81. The SMILES string of the molecule is Cn1cc(CC(=O)NCCNc2cc(N3CCCC3)ncn2)c2ccccc21. The first kappa shape index (κ1) is 18.3. The minimum Gasteiger partial charge on any atom is -0.368 e. The summed E-state index contributed by atoms with van der Waals surface area (Å²) in [5.74, 6) is 1.79. The van der Waals surface area contributed by atoms with Crippen molar-refractivity contribution in [1.82, 2.24) is 19.9 Å². The normalized spacial score (nSPS) is 13.8. The van der Waals surface area contributed by atoms with Gasteiger partial charge in [-0.3, -0.25) is 4.79 Å². The topological polar surface area (TPSA) is 75.1 Å². The number of aromatic nitrogens is 3. The maximum atomic E-state index is 12.3. The lowest BCUT2D eigenvalue weighted by Gasteiger charge is -2.16. The number of rotatable bonds is 7. The molecular formula is C21H26N6O. The number of nitrogens with one attached hydrogen (secondary N) is 2. The number of aryl methyl sites for hydroxylation is 1. The largest absolute Gasteiger partial charge is 0.368 e. The summed E-state index contributed by atoms with van der Waals surface area (Å²) in [5.41, 5.74) is 2.19. The minimum absolute atomic E-state index is 0.0265. The van der Waals surface area contributed by atoms with Gasteiger partial charge in [0.25, 0.3) is 0 Å². The van der Waals surface area contributed by atoms with E-state index in [2.05, 4.69) is 42.2 Å². The quantitative estimate of drug-likeness (QED) is 0.617. The van der Waals surface area contributed by atoms with Crippen LogP contribution in [0.4, 0.5) is 11.6 Å². The van der Waals surface area contributed by atoms with Gasteiger partial charge < -0.3 is 20.1 Å². The number of nitrogens with zero attached hydrogens (tertiary/aromatic N) is 4. The van der Waals surface area contributed by atoms with Crippen LogP contribution in [0.1, 0.15) is 18.4 Å². The number of para-hydroxylation sites is 1. The predicted molar refractivity (Wildman–Crippen MR) is 112 cm³/mol. The molecule has 1 aliphatic heterocycles. The summed E-state index contributed by atoms with van der Waals surface area (Å²) in [4.78, 5) is 23.2. The molecule has 1 aliphatic rings. The predicted octanol–water partition coefficient (Wildman–Crippen LogP) is 2.34. The highest BCUT2D eigenvalue weighted by Gasteiger charge is 2.14. The van der Waals surface area contributed by atoms with Gasteiger partial charge in [0, 0.05) is 56.4 Å². The third-order valence-electron chi connectivity index (χ3n) is 5.17. The van der Waals surface area contributed by atoms with Crippen molar-refractivity contribution in [2.75, 3.05) is 36.4 Å². The molecule has 2 N–H and O–H groups in total. The van der Waals surface area contributed by atoms with Crippen LogP contribution in [0.25, 0.3) is 10.9 Å². The summed E-state index contributed by atoms with van der Waals surface area (Å²) >= 11 is 0. The zero-order chi connectivity index (χ0) is 19.3. The number of anilines is 2. The summed E-state index contributed by atoms with van der Waals surface area (Å²) in [6, 6.07) is 10.1. The van der Waals surface area contributed by atoms with Crippen LogP contribution in [0.5, 0.6) is 0 Å². The van der Waals surface area contributed by atoms with Gasteiger partial charge in [0.15, 0.2) is 0 Å². The average Bonchev–Trinajstić information content (AvgIpc) is 3.35. The lowest BCUT2D eigenvalue weighted by molar-refractivity contribution is -0.120. The van der Waals surface area contributed by atoms with E-state index < -0.39 is 0 Å². The smallest absolute Gasteiger partial charge is 0.224 e. The maximum absolute atomic E-state index is 12.3. The number of hydrogen-bond donors (Lipinski definition) is 2. The molecule has 0 atom stereocenters. The Morgan fingerprint density at radius 2 is 1.96 bits per heavy atom. The van der Waals surface area contributed by atoms with Crippen LogP contribution < -0.4 is 15.5 Å². The minimum atomic E-state index is 0.0265. The van der Waals surface area contributed by atoms with Gasteiger partial charge in [-0.25, -0.2) is 9.97 Å². The molecule has 1 aromatic carbocycles. The van der Waals surface area contributed by atoms with Gasteiger partial charge in [-0.05, 0) is 24.5 Å². The molecule has 0 spiro atoms. The Hall–Kier alpha value is -3.09. The van der Waals surface area contributed by atoms with Crippen molar-refractivity contribution in [3.05, 3.63) is 48.4 Å². The Balaban J connectivity index is 1.26. The molecule has 0 radical (unpaired) electrons. The zero-order valence-corrected chi connectivity index (χ0v) is 16.2. The summed E-state index contributed by atoms with van der Waals surface area (Å²) < 4.78 is 2.06. The molecule has 0 aliphatic carbocycles. The Morgan fingerprint density at radius 3 is 2.82 bits per heavy atom. The number of benzene rings is 1. The molecule has 146 valence electrons. The first-order chi connectivity index (χ1) is 13.7. The Labute approximate surface area is 164 Å². The van der Waals surface area contributed by atoms with Gasteiger partial charge in [-0.2, -0.15) is 0 Å². The fourth-order valence-electron chi connectivity index (χ4n) is 3.76. The van der Waals surface area contributed by atoms with E-state index in [4.69, 9.17) is 0 Å². The second kappa shape index (κ2) is 8.29. The fraction of sp³-hybridized carbons (Fsp3) is 0.381. The molecule has 1 saturated heterocycles. The summed E-state index contributed by atoms with van der Waals surface area (Å²) in [6.45, 7) is 3.28. The third-order valence-corrected chi connectivity index (χ3v) is 5.17. The van der Waals surface area contributed by atoms with E-state index in [1.54, 1.807) is 6.33 Å². The van der Waals surface area contributed by atoms with Gasteiger partial charge >= 0.3 is 0 Å². The molecule has 0 saturated carbocycles. The lowest BCUT2D eigenvalue weighted by Crippen LogP contribution is -2.30. The van der Waals surface area contributed by atoms with E-state index in [1.165, 1.54) is 12.8 Å². The van der Waals surface area contributed by atoms with Crippen molar-refractivity contribution in [3.63, 3.8) is 0 Å². The summed E-state index contributed by atoms with van der Waals surface area (Å²) in [5, 5.41) is 7.38. The second-order valence-corrected chi connectivity index (χ2v) is 7.19. The Bertz CT molecular complexity index is 960. The highest BCUT2D eigenvalue weighted by Crippen LogP contribution is 2.21. The molecule has 3 heterocycles. The monoisotopic (exact) mass is 378 g/mol. The number of fused-ring (bicyclic) bond motifs is 1. The Kier molecular flexibility index (Phi) is 5.41. The van der Waals surface area contributed by atoms with Gasteiger partial charge in [0.2, 0.25) is 5.91 Å². The van der Waals surface area contributed by atoms with Gasteiger partial charge in [0.1, 0.15) is 18.0 Å². The second-order valence-electron chi connectivity index (χ2n) is 7.19. The first-order valence-electron chi connectivity index (χ1n) is 9.81. The van der Waals surface area contributed by atoms with Crippen LogP contribution in [0, 0.1) is 0 Å². The van der Waals surface area contributed by atoms with Gasteiger partial charge in [0.05, 0.1) is 6.42 Å². The van der Waals surface area contributed by atoms with Gasteiger partial charge in [-0.1, -0.05) is 18.2 Å². The third kappa shape index (κ3) is 4.08. The fourth-order valence-corrected chi connectivity index (χ4v) is 3.76. The molecule has 1 fully saturated rings. The van der Waals surface area contributed by atoms with E-state index in [9.17, 15) is 4.79 Å². The molecule has 2 aromatic heterocycles. The molecule has 7 nitrogen and oxygen atoms in total. The molecule has 3 aromatic rings.